The molecule has 4 atom stereocenters. The first-order valence-corrected chi connectivity index (χ1v) is 13.4. The highest BCUT2D eigenvalue weighted by atomic mass is 16.7. The van der Waals surface area contributed by atoms with Gasteiger partial charge in [0.25, 0.3) is 0 Å². The fraction of sp³-hybridized carbons (Fsp3) is 0.182. The third kappa shape index (κ3) is 3.37. The fourth-order valence-corrected chi connectivity index (χ4v) is 6.76. The predicted molar refractivity (Wildman–Crippen MR) is 149 cm³/mol. The first-order valence-electron chi connectivity index (χ1n) is 13.4. The quantitative estimate of drug-likeness (QED) is 0.201. The van der Waals surface area contributed by atoms with Crippen molar-refractivity contribution in [3.63, 3.8) is 0 Å². The summed E-state index contributed by atoms with van der Waals surface area (Å²) in [7, 11) is 1.55. The molecule has 1 fully saturated rings. The summed E-state index contributed by atoms with van der Waals surface area (Å²) in [4.78, 5) is 43.3. The molecule has 1 saturated heterocycles. The van der Waals surface area contributed by atoms with Crippen LogP contribution in [0, 0.1) is 17.8 Å². The Labute approximate surface area is 234 Å². The minimum Gasteiger partial charge on any atom is -0.497 e. The summed E-state index contributed by atoms with van der Waals surface area (Å²) < 4.78 is 22.3. The van der Waals surface area contributed by atoms with Gasteiger partial charge in [-0.25, -0.2) is 4.90 Å². The number of fused-ring (bicyclic) bond motifs is 8. The zero-order valence-corrected chi connectivity index (χ0v) is 21.9. The van der Waals surface area contributed by atoms with Crippen molar-refractivity contribution in [2.24, 2.45) is 17.8 Å². The van der Waals surface area contributed by atoms with Crippen LogP contribution >= 0.6 is 0 Å². The molecule has 3 aliphatic heterocycles. The summed E-state index contributed by atoms with van der Waals surface area (Å²) in [5, 5.41) is 1.90. The highest BCUT2D eigenvalue weighted by Crippen LogP contribution is 2.56. The lowest BCUT2D eigenvalue weighted by Gasteiger charge is -2.38. The van der Waals surface area contributed by atoms with E-state index in [0.717, 1.165) is 21.9 Å². The molecule has 2 amide bonds. The SMILES string of the molecule is COc1ccc(N2C(=O)[C@@H]3[C@@H]4C(=O)Oc5ccc6ccccc6c5C4=C[C@@H](c4ccc5c(c4)OCO5)[C@@H]3C2=O)cc1. The Kier molecular flexibility index (Phi) is 5.04. The number of carbonyl (C=O) groups excluding carboxylic acids is 3. The maximum Gasteiger partial charge on any atom is 0.319 e. The lowest BCUT2D eigenvalue weighted by atomic mass is 9.64. The number of allylic oxidation sites excluding steroid dienone is 1. The van der Waals surface area contributed by atoms with Crippen LogP contribution in [0.2, 0.25) is 0 Å². The molecule has 8 rings (SSSR count). The second-order valence-electron chi connectivity index (χ2n) is 10.6. The van der Waals surface area contributed by atoms with Gasteiger partial charge in [-0.2, -0.15) is 0 Å². The number of methoxy groups -OCH3 is 1. The molecular weight excluding hydrogens is 522 g/mol. The molecule has 0 aromatic heterocycles. The van der Waals surface area contributed by atoms with Crippen LogP contribution in [0.5, 0.6) is 23.0 Å². The average Bonchev–Trinajstić information content (AvgIpc) is 3.58. The number of ether oxygens (including phenoxy) is 4. The molecule has 0 saturated carbocycles. The van der Waals surface area contributed by atoms with E-state index >= 15 is 0 Å². The summed E-state index contributed by atoms with van der Waals surface area (Å²) in [6, 6.07) is 23.9. The molecule has 4 aromatic carbocycles. The van der Waals surface area contributed by atoms with Gasteiger partial charge in [-0.1, -0.05) is 42.5 Å². The molecule has 8 nitrogen and oxygen atoms in total. The predicted octanol–water partition coefficient (Wildman–Crippen LogP) is 5.10. The van der Waals surface area contributed by atoms with E-state index in [1.54, 1.807) is 37.4 Å². The molecule has 41 heavy (non-hydrogen) atoms. The number of hydrogen-bond acceptors (Lipinski definition) is 7. The number of imide groups is 1. The van der Waals surface area contributed by atoms with Crippen molar-refractivity contribution in [2.75, 3.05) is 18.8 Å². The van der Waals surface area contributed by atoms with Crippen molar-refractivity contribution in [1.82, 2.24) is 0 Å². The molecule has 0 N–H and O–H groups in total. The van der Waals surface area contributed by atoms with Gasteiger partial charge in [0.1, 0.15) is 11.5 Å². The molecule has 4 aliphatic rings. The van der Waals surface area contributed by atoms with Crippen LogP contribution in [0.25, 0.3) is 16.3 Å². The largest absolute Gasteiger partial charge is 0.497 e. The number of esters is 1. The normalized spacial score (nSPS) is 24.0. The van der Waals surface area contributed by atoms with E-state index in [2.05, 4.69) is 0 Å². The van der Waals surface area contributed by atoms with Crippen LogP contribution < -0.4 is 23.8 Å². The summed E-state index contributed by atoms with van der Waals surface area (Å²) >= 11 is 0. The first kappa shape index (κ1) is 23.7. The Hall–Kier alpha value is -5.11. The van der Waals surface area contributed by atoms with E-state index in [-0.39, 0.29) is 12.7 Å². The summed E-state index contributed by atoms with van der Waals surface area (Å²) in [6.07, 6.45) is 1.98. The van der Waals surface area contributed by atoms with Gasteiger partial charge in [0.05, 0.1) is 30.6 Å². The van der Waals surface area contributed by atoms with Crippen LogP contribution in [0.15, 0.2) is 84.9 Å². The summed E-state index contributed by atoms with van der Waals surface area (Å²) in [5.74, 6) is -2.25. The Bertz CT molecular complexity index is 1830. The minimum absolute atomic E-state index is 0.118. The third-order valence-electron chi connectivity index (χ3n) is 8.59. The molecule has 4 aromatic rings. The number of nitrogens with zero attached hydrogens (tertiary/aromatic N) is 1. The number of benzene rings is 4. The van der Waals surface area contributed by atoms with Gasteiger partial charge in [-0.05, 0) is 64.4 Å². The molecule has 3 heterocycles. The fourth-order valence-electron chi connectivity index (χ4n) is 6.76. The van der Waals surface area contributed by atoms with Gasteiger partial charge in [0, 0.05) is 11.5 Å². The number of rotatable bonds is 3. The smallest absolute Gasteiger partial charge is 0.319 e. The third-order valence-corrected chi connectivity index (χ3v) is 8.59. The van der Waals surface area contributed by atoms with Gasteiger partial charge >= 0.3 is 5.97 Å². The lowest BCUT2D eigenvalue weighted by molar-refractivity contribution is -0.142. The van der Waals surface area contributed by atoms with E-state index in [4.69, 9.17) is 18.9 Å². The maximum absolute atomic E-state index is 14.2. The van der Waals surface area contributed by atoms with Crippen molar-refractivity contribution in [1.29, 1.82) is 0 Å². The van der Waals surface area contributed by atoms with Gasteiger partial charge in [0.2, 0.25) is 18.6 Å². The Balaban J connectivity index is 1.34. The van der Waals surface area contributed by atoms with Crippen molar-refractivity contribution < 1.29 is 33.3 Å². The van der Waals surface area contributed by atoms with Crippen molar-refractivity contribution in [3.8, 4) is 23.0 Å². The van der Waals surface area contributed by atoms with E-state index < -0.39 is 35.5 Å². The monoisotopic (exact) mass is 545 g/mol. The minimum atomic E-state index is -0.945. The highest BCUT2D eigenvalue weighted by Gasteiger charge is 2.60. The summed E-state index contributed by atoms with van der Waals surface area (Å²) in [6.45, 7) is 0.118. The molecular formula is C33H23NO7. The van der Waals surface area contributed by atoms with Crippen LogP contribution in [-0.2, 0) is 14.4 Å². The van der Waals surface area contributed by atoms with Crippen LogP contribution in [0.4, 0.5) is 5.69 Å². The van der Waals surface area contributed by atoms with Gasteiger partial charge in [0.15, 0.2) is 11.5 Å². The first-order chi connectivity index (χ1) is 20.0. The second-order valence-corrected chi connectivity index (χ2v) is 10.6. The summed E-state index contributed by atoms with van der Waals surface area (Å²) in [5.41, 5.74) is 2.71. The van der Waals surface area contributed by atoms with Crippen LogP contribution in [0.1, 0.15) is 17.0 Å². The molecule has 0 radical (unpaired) electrons. The second kappa shape index (κ2) is 8.69. The van der Waals surface area contributed by atoms with Crippen LogP contribution in [0.3, 0.4) is 0 Å². The highest BCUT2D eigenvalue weighted by molar-refractivity contribution is 6.25. The molecule has 8 heteroatoms. The van der Waals surface area contributed by atoms with Crippen molar-refractivity contribution in [2.45, 2.75) is 5.92 Å². The maximum atomic E-state index is 14.2. The number of anilines is 1. The van der Waals surface area contributed by atoms with Gasteiger partial charge in [-0.3, -0.25) is 14.4 Å². The molecule has 1 aliphatic carbocycles. The van der Waals surface area contributed by atoms with Gasteiger partial charge in [-0.15, -0.1) is 0 Å². The van der Waals surface area contributed by atoms with Gasteiger partial charge < -0.3 is 18.9 Å². The zero-order valence-electron chi connectivity index (χ0n) is 21.9. The molecule has 0 unspecified atom stereocenters. The Morgan fingerprint density at radius 1 is 0.805 bits per heavy atom. The molecule has 0 bridgehead atoms. The van der Waals surface area contributed by atoms with E-state index in [0.29, 0.717) is 34.3 Å². The number of carbonyl (C=O) groups is 3. The van der Waals surface area contributed by atoms with Crippen molar-refractivity contribution in [3.05, 3.63) is 96.1 Å². The zero-order chi connectivity index (χ0) is 27.8. The Morgan fingerprint density at radius 2 is 1.56 bits per heavy atom. The Morgan fingerprint density at radius 3 is 2.39 bits per heavy atom. The van der Waals surface area contributed by atoms with E-state index in [1.165, 1.54) is 4.90 Å². The average molecular weight is 546 g/mol. The van der Waals surface area contributed by atoms with E-state index in [9.17, 15) is 14.4 Å². The van der Waals surface area contributed by atoms with Crippen LogP contribution in [-0.4, -0.2) is 31.7 Å². The standard InChI is InChI=1S/C33H23NO7/c1-38-20-10-8-19(9-11-20)34-31(35)28-22(18-7-12-24-26(14-18)40-16-39-24)15-23-27-21-5-3-2-4-17(21)6-13-25(27)41-33(37)29(23)30(28)32(34)36/h2-15,22,28-30H,16H2,1H3/t22-,28-,29+,30-/m0/s1. The topological polar surface area (TPSA) is 91.4 Å². The van der Waals surface area contributed by atoms with Crippen molar-refractivity contribution >= 4 is 39.8 Å². The van der Waals surface area contributed by atoms with E-state index in [1.807, 2.05) is 54.6 Å². The number of amides is 2. The molecule has 202 valence electrons. The lowest BCUT2D eigenvalue weighted by Crippen LogP contribution is -2.42. The number of hydrogen-bond donors (Lipinski definition) is 0. The molecule has 0 spiro atoms.